The third kappa shape index (κ3) is 6.13. The number of carbonyl (C=O) groups is 2. The van der Waals surface area contributed by atoms with Gasteiger partial charge in [0.25, 0.3) is 0 Å². The summed E-state index contributed by atoms with van der Waals surface area (Å²) in [5.41, 5.74) is 0. The molecule has 1 aromatic carbocycles. The number of halogens is 1. The quantitative estimate of drug-likeness (QED) is 0.642. The summed E-state index contributed by atoms with van der Waals surface area (Å²) in [6.07, 6.45) is -1.40. The molecule has 0 heterocycles. The molecule has 0 radical (unpaired) electrons. The van der Waals surface area contributed by atoms with Crippen molar-refractivity contribution in [2.45, 2.75) is 13.0 Å². The van der Waals surface area contributed by atoms with E-state index in [-0.39, 0.29) is 18.0 Å². The van der Waals surface area contributed by atoms with Crippen LogP contribution in [0.3, 0.4) is 0 Å². The number of ether oxygens (including phenoxy) is 1. The number of nitrogens with zero attached hydrogens (tertiary/aromatic N) is 1. The third-order valence-electron chi connectivity index (χ3n) is 3.06. The molecule has 8 nitrogen and oxygen atoms in total. The minimum atomic E-state index is -3.51. The van der Waals surface area contributed by atoms with Gasteiger partial charge in [0.1, 0.15) is 11.6 Å². The number of nitrogens with one attached hydrogen (secondary N) is 1. The Kier molecular flexibility index (Phi) is 7.11. The zero-order valence-electron chi connectivity index (χ0n) is 13.2. The van der Waals surface area contributed by atoms with Gasteiger partial charge in [-0.3, -0.25) is 4.79 Å². The first-order chi connectivity index (χ1) is 11.2. The van der Waals surface area contributed by atoms with Crippen molar-refractivity contribution in [1.29, 1.82) is 0 Å². The van der Waals surface area contributed by atoms with Crippen molar-refractivity contribution in [2.75, 3.05) is 25.9 Å². The molecule has 1 aromatic rings. The molecule has 0 saturated carbocycles. The van der Waals surface area contributed by atoms with E-state index in [1.165, 1.54) is 26.1 Å². The largest absolute Gasteiger partial charge is 0.478 e. The summed E-state index contributed by atoms with van der Waals surface area (Å²) in [6.45, 7) is 0.644. The lowest BCUT2D eigenvalue weighted by Gasteiger charge is -2.18. The van der Waals surface area contributed by atoms with E-state index in [4.69, 9.17) is 9.84 Å². The molecular formula is C14H19FN2O6S. The van der Waals surface area contributed by atoms with Crippen molar-refractivity contribution in [2.24, 2.45) is 0 Å². The number of rotatable bonds is 9. The molecule has 0 bridgehead atoms. The smallest absolute Gasteiger partial charge is 0.346 e. The van der Waals surface area contributed by atoms with Crippen LogP contribution in [0.25, 0.3) is 0 Å². The Labute approximate surface area is 139 Å². The van der Waals surface area contributed by atoms with Crippen molar-refractivity contribution in [3.8, 4) is 5.75 Å². The highest BCUT2D eigenvalue weighted by Gasteiger charge is 2.22. The van der Waals surface area contributed by atoms with Crippen molar-refractivity contribution in [3.63, 3.8) is 0 Å². The van der Waals surface area contributed by atoms with Gasteiger partial charge in [-0.1, -0.05) is 0 Å². The van der Waals surface area contributed by atoms with Crippen molar-refractivity contribution in [1.82, 2.24) is 9.62 Å². The topological polar surface area (TPSA) is 113 Å². The van der Waals surface area contributed by atoms with Crippen LogP contribution in [-0.2, 0) is 19.6 Å². The molecule has 0 spiro atoms. The Morgan fingerprint density at radius 2 is 1.92 bits per heavy atom. The lowest BCUT2D eigenvalue weighted by atomic mass is 10.3. The Morgan fingerprint density at radius 1 is 1.33 bits per heavy atom. The van der Waals surface area contributed by atoms with Gasteiger partial charge in [0.2, 0.25) is 22.0 Å². The molecule has 10 heteroatoms. The first-order valence-corrected chi connectivity index (χ1v) is 8.62. The van der Waals surface area contributed by atoms with E-state index in [2.05, 4.69) is 5.32 Å². The van der Waals surface area contributed by atoms with Crippen LogP contribution in [0, 0.1) is 5.82 Å². The number of hydrogen-bond acceptors (Lipinski definition) is 5. The second-order valence-corrected chi connectivity index (χ2v) is 7.22. The highest BCUT2D eigenvalue weighted by atomic mass is 32.2. The molecule has 2 N–H and O–H groups in total. The van der Waals surface area contributed by atoms with Gasteiger partial charge in [0.15, 0.2) is 0 Å². The molecule has 24 heavy (non-hydrogen) atoms. The van der Waals surface area contributed by atoms with Gasteiger partial charge in [-0.25, -0.2) is 17.6 Å². The SMILES string of the molecule is CCS(=O)(=O)N(C)CC(=O)NCC(Oc1ccc(F)cc1)C(=O)O. The number of amides is 1. The monoisotopic (exact) mass is 362 g/mol. The Balaban J connectivity index is 2.59. The predicted molar refractivity (Wildman–Crippen MR) is 83.6 cm³/mol. The van der Waals surface area contributed by atoms with Gasteiger partial charge < -0.3 is 15.2 Å². The first-order valence-electron chi connectivity index (χ1n) is 7.01. The van der Waals surface area contributed by atoms with Crippen LogP contribution in [0.4, 0.5) is 4.39 Å². The molecule has 134 valence electrons. The second-order valence-electron chi connectivity index (χ2n) is 4.86. The summed E-state index contributed by atoms with van der Waals surface area (Å²) >= 11 is 0. The molecule has 1 unspecified atom stereocenters. The minimum absolute atomic E-state index is 0.128. The highest BCUT2D eigenvalue weighted by molar-refractivity contribution is 7.89. The van der Waals surface area contributed by atoms with E-state index in [0.717, 1.165) is 16.4 Å². The summed E-state index contributed by atoms with van der Waals surface area (Å²) < 4.78 is 41.9. The maximum absolute atomic E-state index is 12.8. The van der Waals surface area contributed by atoms with E-state index in [1.54, 1.807) is 0 Å². The van der Waals surface area contributed by atoms with Gasteiger partial charge >= 0.3 is 5.97 Å². The van der Waals surface area contributed by atoms with Crippen molar-refractivity contribution in [3.05, 3.63) is 30.1 Å². The number of benzene rings is 1. The Hall–Kier alpha value is -2.20. The molecule has 1 rings (SSSR count). The lowest BCUT2D eigenvalue weighted by Crippen LogP contribution is -2.44. The van der Waals surface area contributed by atoms with E-state index in [1.807, 2.05) is 0 Å². The van der Waals surface area contributed by atoms with Crippen LogP contribution in [0.1, 0.15) is 6.92 Å². The molecule has 0 aliphatic carbocycles. The normalized spacial score (nSPS) is 12.7. The Morgan fingerprint density at radius 3 is 2.42 bits per heavy atom. The summed E-state index contributed by atoms with van der Waals surface area (Å²) in [7, 11) is -2.26. The van der Waals surface area contributed by atoms with Crippen LogP contribution in [0.15, 0.2) is 24.3 Å². The van der Waals surface area contributed by atoms with Gasteiger partial charge in [-0.15, -0.1) is 0 Å². The van der Waals surface area contributed by atoms with Crippen LogP contribution < -0.4 is 10.1 Å². The van der Waals surface area contributed by atoms with Crippen LogP contribution in [0.5, 0.6) is 5.75 Å². The first kappa shape index (κ1) is 19.8. The summed E-state index contributed by atoms with van der Waals surface area (Å²) in [5, 5.41) is 11.4. The van der Waals surface area contributed by atoms with Gasteiger partial charge in [0, 0.05) is 7.05 Å². The molecule has 0 aliphatic heterocycles. The maximum Gasteiger partial charge on any atom is 0.346 e. The Bertz CT molecular complexity index is 677. The number of likely N-dealkylation sites (N-methyl/N-ethyl adjacent to an activating group) is 1. The summed E-state index contributed by atoms with van der Waals surface area (Å²) in [5.74, 6) is -2.51. The third-order valence-corrected chi connectivity index (χ3v) is 4.87. The van der Waals surface area contributed by atoms with Gasteiger partial charge in [0.05, 0.1) is 18.8 Å². The van der Waals surface area contributed by atoms with Crippen LogP contribution in [0.2, 0.25) is 0 Å². The molecule has 0 saturated heterocycles. The van der Waals surface area contributed by atoms with E-state index >= 15 is 0 Å². The average molecular weight is 362 g/mol. The van der Waals surface area contributed by atoms with Crippen molar-refractivity contribution < 1.29 is 32.2 Å². The fourth-order valence-corrected chi connectivity index (χ4v) is 2.39. The summed E-state index contributed by atoms with van der Waals surface area (Å²) in [6, 6.07) is 4.73. The zero-order valence-corrected chi connectivity index (χ0v) is 14.0. The molecule has 0 fully saturated rings. The molecule has 0 aromatic heterocycles. The minimum Gasteiger partial charge on any atom is -0.478 e. The number of carboxylic acid groups (broad SMARTS) is 1. The van der Waals surface area contributed by atoms with E-state index in [0.29, 0.717) is 0 Å². The van der Waals surface area contributed by atoms with Gasteiger partial charge in [-0.05, 0) is 31.2 Å². The molecule has 1 amide bonds. The summed E-state index contributed by atoms with van der Waals surface area (Å²) in [4.78, 5) is 22.9. The molecule has 0 aliphatic rings. The zero-order chi connectivity index (χ0) is 18.3. The lowest BCUT2D eigenvalue weighted by molar-refractivity contribution is -0.145. The molecular weight excluding hydrogens is 343 g/mol. The van der Waals surface area contributed by atoms with Crippen molar-refractivity contribution >= 4 is 21.9 Å². The maximum atomic E-state index is 12.8. The number of hydrogen-bond donors (Lipinski definition) is 2. The van der Waals surface area contributed by atoms with Crippen LogP contribution >= 0.6 is 0 Å². The number of aliphatic carboxylic acids is 1. The number of carboxylic acids is 1. The van der Waals surface area contributed by atoms with E-state index < -0.39 is 40.4 Å². The fourth-order valence-electron chi connectivity index (χ4n) is 1.64. The highest BCUT2D eigenvalue weighted by Crippen LogP contribution is 2.13. The van der Waals surface area contributed by atoms with E-state index in [9.17, 15) is 22.4 Å². The number of sulfonamides is 1. The van der Waals surface area contributed by atoms with Crippen LogP contribution in [-0.4, -0.2) is 61.7 Å². The standard InChI is InChI=1S/C14H19FN2O6S/c1-3-24(21,22)17(2)9-13(18)16-8-12(14(19)20)23-11-6-4-10(15)5-7-11/h4-7,12H,3,8-9H2,1-2H3,(H,16,18)(H,19,20). The predicted octanol–water partition coefficient (Wildman–Crippen LogP) is 0.0554. The molecule has 1 atom stereocenters. The average Bonchev–Trinajstić information content (AvgIpc) is 2.52. The number of carbonyl (C=O) groups excluding carboxylic acids is 1. The van der Waals surface area contributed by atoms with Gasteiger partial charge in [-0.2, -0.15) is 4.31 Å². The second kappa shape index (κ2) is 8.60. The fraction of sp³-hybridized carbons (Fsp3) is 0.429.